The lowest BCUT2D eigenvalue weighted by molar-refractivity contribution is -0.0428. The minimum atomic E-state index is -1.74. The molecule has 0 saturated heterocycles. The third kappa shape index (κ3) is 1.99. The highest BCUT2D eigenvalue weighted by Crippen LogP contribution is 2.15. The van der Waals surface area contributed by atoms with E-state index in [1.165, 1.54) is 18.2 Å². The molecule has 0 unspecified atom stereocenters. The minimum Gasteiger partial charge on any atom is -0.364 e. The van der Waals surface area contributed by atoms with Gasteiger partial charge >= 0.3 is 0 Å². The number of hydrogen-bond acceptors (Lipinski definition) is 4. The predicted octanol–water partition coefficient (Wildman–Crippen LogP) is 0.295. The minimum absolute atomic E-state index is 0.0413. The number of aliphatic hydroxyl groups excluding tert-OH is 1. The summed E-state index contributed by atoms with van der Waals surface area (Å²) in [4.78, 5) is 20.8. The second-order valence-electron chi connectivity index (χ2n) is 2.50. The summed E-state index contributed by atoms with van der Waals surface area (Å²) in [5.74, 6) is 0. The molecule has 0 amide bonds. The number of aliphatic hydroxyl groups is 2. The lowest BCUT2D eigenvalue weighted by Gasteiger charge is -2.06. The highest BCUT2D eigenvalue weighted by Gasteiger charge is 2.09. The molecule has 0 aliphatic heterocycles. The van der Waals surface area contributed by atoms with Crippen LogP contribution < -0.4 is 0 Å². The van der Waals surface area contributed by atoms with E-state index in [9.17, 15) is 9.59 Å². The molecular formula is C9H8O4. The van der Waals surface area contributed by atoms with Gasteiger partial charge in [0.1, 0.15) is 6.29 Å². The Bertz CT molecular complexity index is 330. The van der Waals surface area contributed by atoms with Gasteiger partial charge in [-0.15, -0.1) is 0 Å². The Morgan fingerprint density at radius 3 is 2.31 bits per heavy atom. The van der Waals surface area contributed by atoms with Crippen LogP contribution >= 0.6 is 0 Å². The normalized spacial score (nSPS) is 10.1. The number of carbonyl (C=O) groups excluding carboxylic acids is 2. The van der Waals surface area contributed by atoms with Gasteiger partial charge < -0.3 is 10.2 Å². The zero-order valence-electron chi connectivity index (χ0n) is 6.68. The van der Waals surface area contributed by atoms with Crippen molar-refractivity contribution in [2.75, 3.05) is 0 Å². The van der Waals surface area contributed by atoms with E-state index in [2.05, 4.69) is 0 Å². The van der Waals surface area contributed by atoms with Gasteiger partial charge in [-0.1, -0.05) is 12.1 Å². The van der Waals surface area contributed by atoms with Crippen molar-refractivity contribution in [2.24, 2.45) is 0 Å². The van der Waals surface area contributed by atoms with Gasteiger partial charge in [-0.25, -0.2) is 0 Å². The van der Waals surface area contributed by atoms with Gasteiger partial charge in [-0.2, -0.15) is 0 Å². The third-order valence-electron chi connectivity index (χ3n) is 1.65. The van der Waals surface area contributed by atoms with E-state index in [0.29, 0.717) is 18.1 Å². The average Bonchev–Trinajstić information content (AvgIpc) is 2.16. The molecule has 0 radical (unpaired) electrons. The first-order valence-electron chi connectivity index (χ1n) is 3.59. The Morgan fingerprint density at radius 1 is 1.15 bits per heavy atom. The molecule has 1 aromatic rings. The molecule has 0 aliphatic rings. The van der Waals surface area contributed by atoms with Crippen molar-refractivity contribution in [3.8, 4) is 0 Å². The maximum atomic E-state index is 10.4. The lowest BCUT2D eigenvalue weighted by atomic mass is 10.1. The molecule has 0 spiro atoms. The smallest absolute Gasteiger partial charge is 0.179 e. The molecule has 4 heteroatoms. The Kier molecular flexibility index (Phi) is 2.89. The zero-order chi connectivity index (χ0) is 9.84. The van der Waals surface area contributed by atoms with Gasteiger partial charge in [0.15, 0.2) is 12.6 Å². The summed E-state index contributed by atoms with van der Waals surface area (Å²) in [6.45, 7) is 0. The standard InChI is InChI=1S/C9H8O4/c10-4-6-1-2-7(5-11)8(3-6)9(12)13/h1-5,9,12-13H. The SMILES string of the molecule is O=Cc1ccc(C=O)c(C(O)O)c1. The molecule has 0 bridgehead atoms. The summed E-state index contributed by atoms with van der Waals surface area (Å²) in [7, 11) is 0. The van der Waals surface area contributed by atoms with E-state index in [0.717, 1.165) is 0 Å². The van der Waals surface area contributed by atoms with Crippen LogP contribution in [-0.2, 0) is 0 Å². The molecule has 0 atom stereocenters. The second-order valence-corrected chi connectivity index (χ2v) is 2.50. The fraction of sp³-hybridized carbons (Fsp3) is 0.111. The molecule has 0 saturated carbocycles. The monoisotopic (exact) mass is 180 g/mol. The van der Waals surface area contributed by atoms with Crippen molar-refractivity contribution in [1.29, 1.82) is 0 Å². The predicted molar refractivity (Wildman–Crippen MR) is 44.4 cm³/mol. The van der Waals surface area contributed by atoms with Gasteiger partial charge in [0.25, 0.3) is 0 Å². The molecule has 0 aromatic heterocycles. The topological polar surface area (TPSA) is 74.6 Å². The fourth-order valence-electron chi connectivity index (χ4n) is 0.997. The largest absolute Gasteiger partial charge is 0.364 e. The lowest BCUT2D eigenvalue weighted by Crippen LogP contribution is -2.01. The van der Waals surface area contributed by atoms with Crippen molar-refractivity contribution in [1.82, 2.24) is 0 Å². The molecule has 1 aromatic carbocycles. The maximum Gasteiger partial charge on any atom is 0.179 e. The highest BCUT2D eigenvalue weighted by atomic mass is 16.5. The number of hydrogen-bond donors (Lipinski definition) is 2. The summed E-state index contributed by atoms with van der Waals surface area (Å²) in [5.41, 5.74) is 0.508. The molecule has 1 rings (SSSR count). The maximum absolute atomic E-state index is 10.4. The number of aldehydes is 2. The van der Waals surface area contributed by atoms with Crippen molar-refractivity contribution < 1.29 is 19.8 Å². The van der Waals surface area contributed by atoms with E-state index in [-0.39, 0.29) is 11.1 Å². The summed E-state index contributed by atoms with van der Waals surface area (Å²) >= 11 is 0. The Hall–Kier alpha value is -1.52. The Labute approximate surface area is 74.4 Å². The van der Waals surface area contributed by atoms with Crippen molar-refractivity contribution in [3.63, 3.8) is 0 Å². The summed E-state index contributed by atoms with van der Waals surface area (Å²) in [6, 6.07) is 4.06. The van der Waals surface area contributed by atoms with E-state index in [4.69, 9.17) is 10.2 Å². The van der Waals surface area contributed by atoms with Crippen molar-refractivity contribution in [2.45, 2.75) is 6.29 Å². The van der Waals surface area contributed by atoms with Crippen LogP contribution in [-0.4, -0.2) is 22.8 Å². The Balaban J connectivity index is 3.25. The second kappa shape index (κ2) is 3.93. The van der Waals surface area contributed by atoms with E-state index < -0.39 is 6.29 Å². The molecule has 4 nitrogen and oxygen atoms in total. The molecular weight excluding hydrogens is 172 g/mol. The quantitative estimate of drug-likeness (QED) is 0.518. The first kappa shape index (κ1) is 9.57. The first-order chi connectivity index (χ1) is 6.19. The van der Waals surface area contributed by atoms with Crippen molar-refractivity contribution >= 4 is 12.6 Å². The van der Waals surface area contributed by atoms with Crippen LogP contribution in [0.3, 0.4) is 0 Å². The van der Waals surface area contributed by atoms with Gasteiger partial charge in [-0.05, 0) is 6.07 Å². The number of rotatable bonds is 3. The molecule has 13 heavy (non-hydrogen) atoms. The molecule has 2 N–H and O–H groups in total. The Morgan fingerprint density at radius 2 is 1.85 bits per heavy atom. The van der Waals surface area contributed by atoms with Crippen molar-refractivity contribution in [3.05, 3.63) is 34.9 Å². The van der Waals surface area contributed by atoms with E-state index >= 15 is 0 Å². The van der Waals surface area contributed by atoms with Crippen LogP contribution in [0, 0.1) is 0 Å². The summed E-state index contributed by atoms with van der Waals surface area (Å²) in [6.07, 6.45) is -0.663. The first-order valence-corrected chi connectivity index (χ1v) is 3.59. The molecule has 68 valence electrons. The fourth-order valence-corrected chi connectivity index (χ4v) is 0.997. The van der Waals surface area contributed by atoms with Gasteiger partial charge in [0.2, 0.25) is 0 Å². The van der Waals surface area contributed by atoms with Crippen LogP contribution in [0.15, 0.2) is 18.2 Å². The van der Waals surface area contributed by atoms with Gasteiger partial charge in [0.05, 0.1) is 0 Å². The third-order valence-corrected chi connectivity index (χ3v) is 1.65. The van der Waals surface area contributed by atoms with Crippen LogP contribution in [0.5, 0.6) is 0 Å². The van der Waals surface area contributed by atoms with Gasteiger partial charge in [0, 0.05) is 16.7 Å². The van der Waals surface area contributed by atoms with Crippen LogP contribution in [0.2, 0.25) is 0 Å². The average molecular weight is 180 g/mol. The van der Waals surface area contributed by atoms with E-state index in [1.807, 2.05) is 0 Å². The molecule has 0 fully saturated rings. The molecule has 0 heterocycles. The number of carbonyl (C=O) groups is 2. The van der Waals surface area contributed by atoms with E-state index in [1.54, 1.807) is 0 Å². The van der Waals surface area contributed by atoms with Gasteiger partial charge in [-0.3, -0.25) is 9.59 Å². The number of benzene rings is 1. The van der Waals surface area contributed by atoms with Crippen LogP contribution in [0.1, 0.15) is 32.6 Å². The zero-order valence-corrected chi connectivity index (χ0v) is 6.68. The highest BCUT2D eigenvalue weighted by molar-refractivity contribution is 5.81. The summed E-state index contributed by atoms with van der Waals surface area (Å²) < 4.78 is 0. The molecule has 0 aliphatic carbocycles. The van der Waals surface area contributed by atoms with Crippen LogP contribution in [0.4, 0.5) is 0 Å². The summed E-state index contributed by atoms with van der Waals surface area (Å²) in [5, 5.41) is 17.7. The van der Waals surface area contributed by atoms with Crippen LogP contribution in [0.25, 0.3) is 0 Å².